The molecular weight excluding hydrogens is 188 g/mol. The molecule has 1 aromatic rings. The number of carbonyl (C=O) groups excluding carboxylic acids is 1. The molecule has 1 rings (SSSR count). The van der Waals surface area contributed by atoms with Crippen molar-refractivity contribution in [1.29, 1.82) is 0 Å². The highest BCUT2D eigenvalue weighted by atomic mass is 16.5. The summed E-state index contributed by atoms with van der Waals surface area (Å²) in [7, 11) is 0. The van der Waals surface area contributed by atoms with Gasteiger partial charge in [-0.05, 0) is 0 Å². The summed E-state index contributed by atoms with van der Waals surface area (Å²) in [6.07, 6.45) is 0.991. The molecule has 0 bridgehead atoms. The number of H-pyrrole nitrogens is 2. The van der Waals surface area contributed by atoms with E-state index in [1.807, 2.05) is 4.98 Å². The summed E-state index contributed by atoms with van der Waals surface area (Å²) >= 11 is 0. The van der Waals surface area contributed by atoms with E-state index in [1.165, 1.54) is 0 Å². The molecule has 0 fully saturated rings. The number of hydrogen-bond acceptors (Lipinski definition) is 4. The fraction of sp³-hybridized carbons (Fsp3) is 0.125. The number of nitrogens with one attached hydrogen (secondary N) is 2. The molecule has 6 heteroatoms. The van der Waals surface area contributed by atoms with Crippen LogP contribution in [-0.4, -0.2) is 15.9 Å². The van der Waals surface area contributed by atoms with E-state index in [1.54, 1.807) is 0 Å². The number of aromatic nitrogens is 2. The number of esters is 1. The lowest BCUT2D eigenvalue weighted by Crippen LogP contribution is -2.23. The van der Waals surface area contributed by atoms with E-state index in [0.717, 1.165) is 12.1 Å². The predicted molar refractivity (Wildman–Crippen MR) is 47.7 cm³/mol. The van der Waals surface area contributed by atoms with Crippen LogP contribution >= 0.6 is 0 Å². The second kappa shape index (κ2) is 4.22. The van der Waals surface area contributed by atoms with E-state index >= 15 is 0 Å². The van der Waals surface area contributed by atoms with Crippen LogP contribution in [-0.2, 0) is 16.1 Å². The van der Waals surface area contributed by atoms with Crippen molar-refractivity contribution in [2.45, 2.75) is 6.61 Å². The van der Waals surface area contributed by atoms with Gasteiger partial charge in [-0.15, -0.1) is 0 Å². The van der Waals surface area contributed by atoms with Gasteiger partial charge >= 0.3 is 11.7 Å². The van der Waals surface area contributed by atoms with Crippen molar-refractivity contribution in [1.82, 2.24) is 9.97 Å². The Morgan fingerprint density at radius 2 is 2.21 bits per heavy atom. The highest BCUT2D eigenvalue weighted by Gasteiger charge is 1.99. The first kappa shape index (κ1) is 9.97. The van der Waals surface area contributed by atoms with Crippen LogP contribution in [0.4, 0.5) is 0 Å². The molecule has 74 valence electrons. The minimum Gasteiger partial charge on any atom is -0.456 e. The zero-order chi connectivity index (χ0) is 10.6. The number of rotatable bonds is 3. The van der Waals surface area contributed by atoms with Gasteiger partial charge < -0.3 is 9.72 Å². The van der Waals surface area contributed by atoms with Crippen LogP contribution in [0.3, 0.4) is 0 Å². The Balaban J connectivity index is 2.77. The van der Waals surface area contributed by atoms with Crippen molar-refractivity contribution < 1.29 is 9.53 Å². The van der Waals surface area contributed by atoms with Crippen LogP contribution in [0.25, 0.3) is 0 Å². The highest BCUT2D eigenvalue weighted by Crippen LogP contribution is 1.90. The number of hydrogen-bond donors (Lipinski definition) is 2. The third kappa shape index (κ3) is 2.74. The van der Waals surface area contributed by atoms with E-state index in [0.29, 0.717) is 0 Å². The van der Waals surface area contributed by atoms with Gasteiger partial charge in [0, 0.05) is 12.1 Å². The first-order chi connectivity index (χ1) is 6.61. The minimum atomic E-state index is -0.637. The number of aromatic amines is 2. The maximum Gasteiger partial charge on any atom is 0.330 e. The van der Waals surface area contributed by atoms with Crippen LogP contribution in [0.2, 0.25) is 0 Å². The molecule has 0 aliphatic heterocycles. The van der Waals surface area contributed by atoms with Crippen molar-refractivity contribution in [3.05, 3.63) is 45.3 Å². The van der Waals surface area contributed by atoms with Crippen LogP contribution in [0.15, 0.2) is 28.3 Å². The van der Waals surface area contributed by atoms with Crippen LogP contribution in [0.1, 0.15) is 5.69 Å². The summed E-state index contributed by atoms with van der Waals surface area (Å²) in [5.74, 6) is -0.619. The molecule has 6 nitrogen and oxygen atoms in total. The monoisotopic (exact) mass is 196 g/mol. The molecule has 1 heterocycles. The Morgan fingerprint density at radius 1 is 1.50 bits per heavy atom. The smallest absolute Gasteiger partial charge is 0.330 e. The summed E-state index contributed by atoms with van der Waals surface area (Å²) in [6.45, 7) is 3.03. The number of ether oxygens (including phenoxy) is 1. The fourth-order valence-corrected chi connectivity index (χ4v) is 0.805. The molecule has 0 amide bonds. The third-order valence-corrected chi connectivity index (χ3v) is 1.35. The van der Waals surface area contributed by atoms with Crippen molar-refractivity contribution in [2.24, 2.45) is 0 Å². The van der Waals surface area contributed by atoms with Crippen LogP contribution < -0.4 is 11.2 Å². The summed E-state index contributed by atoms with van der Waals surface area (Å²) in [5.41, 5.74) is -0.950. The molecule has 14 heavy (non-hydrogen) atoms. The van der Waals surface area contributed by atoms with Crippen molar-refractivity contribution in [2.75, 3.05) is 0 Å². The second-order valence-corrected chi connectivity index (χ2v) is 2.42. The van der Waals surface area contributed by atoms with Crippen LogP contribution in [0, 0.1) is 0 Å². The lowest BCUT2D eigenvalue weighted by atomic mass is 10.4. The molecule has 0 aliphatic carbocycles. The van der Waals surface area contributed by atoms with Gasteiger partial charge in [0.25, 0.3) is 5.56 Å². The van der Waals surface area contributed by atoms with E-state index in [-0.39, 0.29) is 12.3 Å². The molecule has 0 aliphatic rings. The molecule has 0 aromatic carbocycles. The van der Waals surface area contributed by atoms with Gasteiger partial charge in [0.1, 0.15) is 6.61 Å². The molecule has 0 saturated heterocycles. The van der Waals surface area contributed by atoms with Gasteiger partial charge in [0.15, 0.2) is 0 Å². The summed E-state index contributed by atoms with van der Waals surface area (Å²) in [4.78, 5) is 36.5. The molecule has 0 saturated carbocycles. The normalized spacial score (nSPS) is 9.43. The zero-order valence-corrected chi connectivity index (χ0v) is 7.20. The van der Waals surface area contributed by atoms with Gasteiger partial charge in [-0.25, -0.2) is 9.59 Å². The molecule has 1 aromatic heterocycles. The fourth-order valence-electron chi connectivity index (χ4n) is 0.805. The largest absolute Gasteiger partial charge is 0.456 e. The van der Waals surface area contributed by atoms with Crippen molar-refractivity contribution in [3.8, 4) is 0 Å². The highest BCUT2D eigenvalue weighted by molar-refractivity contribution is 5.81. The van der Waals surface area contributed by atoms with Crippen molar-refractivity contribution >= 4 is 5.97 Å². The Bertz CT molecular complexity index is 429. The Hall–Kier alpha value is -2.11. The number of carbonyl (C=O) groups is 1. The van der Waals surface area contributed by atoms with Crippen molar-refractivity contribution in [3.63, 3.8) is 0 Å². The summed E-state index contributed by atoms with van der Waals surface area (Å²) in [6, 6.07) is 1.14. The van der Waals surface area contributed by atoms with Gasteiger partial charge in [-0.2, -0.15) is 0 Å². The quantitative estimate of drug-likeness (QED) is 0.493. The Kier molecular flexibility index (Phi) is 3.01. The van der Waals surface area contributed by atoms with E-state index in [2.05, 4.69) is 16.3 Å². The Labute approximate surface area is 78.2 Å². The molecule has 0 radical (unpaired) electrons. The van der Waals surface area contributed by atoms with E-state index < -0.39 is 17.2 Å². The minimum absolute atomic E-state index is 0.163. The molecule has 0 atom stereocenters. The van der Waals surface area contributed by atoms with Gasteiger partial charge in [0.05, 0.1) is 5.69 Å². The topological polar surface area (TPSA) is 92.0 Å². The van der Waals surface area contributed by atoms with Gasteiger partial charge in [-0.1, -0.05) is 6.58 Å². The molecule has 2 N–H and O–H groups in total. The maximum atomic E-state index is 10.8. The lowest BCUT2D eigenvalue weighted by molar-refractivity contribution is -0.139. The Morgan fingerprint density at radius 3 is 2.79 bits per heavy atom. The maximum absolute atomic E-state index is 10.8. The van der Waals surface area contributed by atoms with E-state index in [9.17, 15) is 14.4 Å². The summed E-state index contributed by atoms with van der Waals surface area (Å²) < 4.78 is 4.61. The average molecular weight is 196 g/mol. The van der Waals surface area contributed by atoms with Gasteiger partial charge in [0.2, 0.25) is 0 Å². The lowest BCUT2D eigenvalue weighted by Gasteiger charge is -2.00. The predicted octanol–water partition coefficient (Wildman–Crippen LogP) is -0.708. The molecule has 0 unspecified atom stereocenters. The SMILES string of the molecule is C=CC(=O)OCc1cc(=O)[nH]c(=O)[nH]1. The molecule has 0 spiro atoms. The van der Waals surface area contributed by atoms with E-state index in [4.69, 9.17) is 0 Å². The summed E-state index contributed by atoms with van der Waals surface area (Å²) in [5, 5.41) is 0. The first-order valence-corrected chi connectivity index (χ1v) is 3.73. The first-order valence-electron chi connectivity index (χ1n) is 3.73. The molecular formula is C8H8N2O4. The van der Waals surface area contributed by atoms with Crippen LogP contribution in [0.5, 0.6) is 0 Å². The zero-order valence-electron chi connectivity index (χ0n) is 7.20. The standard InChI is InChI=1S/C8H8N2O4/c1-2-7(12)14-4-5-3-6(11)10-8(13)9-5/h2-3H,1,4H2,(H2,9,10,11,13). The average Bonchev–Trinajstić information content (AvgIpc) is 2.12. The third-order valence-electron chi connectivity index (χ3n) is 1.35. The second-order valence-electron chi connectivity index (χ2n) is 2.42. The van der Waals surface area contributed by atoms with Gasteiger partial charge in [-0.3, -0.25) is 9.78 Å².